The smallest absolute Gasteiger partial charge is 0.503 e. The Morgan fingerprint density at radius 2 is 0.835 bits per heavy atom. The molecule has 0 aliphatic heterocycles. The van der Waals surface area contributed by atoms with E-state index in [1.807, 2.05) is 72.9 Å². The van der Waals surface area contributed by atoms with Crippen molar-refractivity contribution in [1.82, 2.24) is 54.3 Å². The summed E-state index contributed by atoms with van der Waals surface area (Å²) in [6.45, 7) is -0.458. The molecule has 0 unspecified atom stereocenters. The molecule has 0 fully saturated rings. The number of aromatic carboxylic acids is 1. The summed E-state index contributed by atoms with van der Waals surface area (Å²) in [6, 6.07) is 46.6. The molecule has 0 amide bonds. The minimum absolute atomic E-state index is 0. The van der Waals surface area contributed by atoms with Crippen molar-refractivity contribution in [3.05, 3.63) is 333 Å². The largest absolute Gasteiger partial charge is 1.00 e. The molecule has 0 aliphatic carbocycles. The van der Waals surface area contributed by atoms with Crippen LogP contribution >= 0.6 is 33.0 Å². The van der Waals surface area contributed by atoms with E-state index in [4.69, 9.17) is 70.3 Å². The van der Waals surface area contributed by atoms with Crippen molar-refractivity contribution in [3.8, 4) is 56.4 Å². The summed E-state index contributed by atoms with van der Waals surface area (Å²) < 4.78 is 92.1. The van der Waals surface area contributed by atoms with Gasteiger partial charge in [0, 0.05) is 124 Å². The number of nitrogens with one attached hydrogen (secondary N) is 1. The zero-order valence-corrected chi connectivity index (χ0v) is 71.2. The molecule has 5 heterocycles. The molecule has 14 aromatic rings. The molecule has 14 rings (SSSR count). The topological polar surface area (TPSA) is 730 Å². The van der Waals surface area contributed by atoms with Crippen molar-refractivity contribution >= 4 is 141 Å². The number of carbonyl (C=O) groups is 6. The summed E-state index contributed by atoms with van der Waals surface area (Å²) >= 11 is 4.98. The molecule has 0 bridgehead atoms. The number of nitro groups is 5. The van der Waals surface area contributed by atoms with Gasteiger partial charge in [-0.2, -0.15) is 15.0 Å². The summed E-state index contributed by atoms with van der Waals surface area (Å²) in [6.07, 6.45) is 6.36. The quantitative estimate of drug-likeness (QED) is 0.00309. The Hall–Kier alpha value is -17.1. The highest BCUT2D eigenvalue weighted by molar-refractivity contribution is 8.26. The normalized spacial score (nSPS) is 9.80. The molecule has 0 saturated heterocycles. The number of aromatic amines is 1. The number of carbonyl (C=O) groups excluding carboxylic acids is 4. The van der Waals surface area contributed by atoms with Gasteiger partial charge in [-0.15, -0.1) is 20.4 Å². The van der Waals surface area contributed by atoms with Crippen LogP contribution in [-0.4, -0.2) is 153 Å². The number of carboxylic acids is 1. The van der Waals surface area contributed by atoms with Crippen LogP contribution in [0.3, 0.4) is 0 Å². The van der Waals surface area contributed by atoms with Gasteiger partial charge in [0.05, 0.1) is 58.4 Å². The van der Waals surface area contributed by atoms with E-state index in [1.165, 1.54) is 22.7 Å². The summed E-state index contributed by atoms with van der Waals surface area (Å²) in [5, 5.41) is 90.8. The third-order valence-corrected chi connectivity index (χ3v) is 15.6. The van der Waals surface area contributed by atoms with Crippen LogP contribution in [0.1, 0.15) is 50.0 Å². The summed E-state index contributed by atoms with van der Waals surface area (Å²) in [7, 11) is 7.36. The molecule has 0 aliphatic rings. The number of halogens is 10. The van der Waals surface area contributed by atoms with Crippen LogP contribution in [0.2, 0.25) is 0 Å². The van der Waals surface area contributed by atoms with E-state index in [0.717, 1.165) is 113 Å². The monoisotopic (exact) mass is 2040 g/mol. The second-order valence-electron chi connectivity index (χ2n) is 24.1. The number of H-pyrrole nitrogens is 1. The molecular weight excluding hydrogens is 1970 g/mol. The molecule has 0 radical (unpaired) electrons. The van der Waals surface area contributed by atoms with E-state index in [1.54, 1.807) is 47.4 Å². The average molecular weight is 2040 g/mol. The van der Waals surface area contributed by atoms with Gasteiger partial charge in [-0.3, -0.25) is 65.3 Å². The lowest BCUT2D eigenvalue weighted by Gasteiger charge is -2.00. The third kappa shape index (κ3) is 35.6. The predicted molar refractivity (Wildman–Crippen MR) is 467 cm³/mol. The standard InChI is InChI=1S/C17H10FN5O2.C17H12FN5.C9H9FN4O3.C9H8O2.C8H6FN5O2.C7H3ClFNO3.C7H4FNO4.CH6N4.CH2O3.CH4.Cl2OS.HI/c18-15-7-6-13(23(24)25)8-14(15)16-20-17-19-9-12(10-22(17)21-16)11-4-2-1-3-5-11;18-15-7-6-13(19)8-14(15)16-21-17-20-9-12(10-23(17)22-16)11-4-2-1-3-5-11;10-7-2-1-5(14(16)17)3-6(7)8(15)4-13-9(11)12;10-6-9(7-11)8-4-2-1-3-5-8;9-6-2-1-4(14(15)16)3-5(6)7-11-8(10)13-12-7;8-7(11)5-3-4(10(12)13)1-2-6(5)9;8-6-2-1-4(9(12)13)3-5(6)7(10)11;2-1(3)5-4;2-1(3)4;;1-4(2)3;/h1-10H;1-10H,19H2;1-3H,4H2,(H4,11,12,13);1-7,9H;1-3H,(H3,10,11,12,13);1-3H;1-3H,(H,10,11);4H2,(H4,2,3,5);(H2,2,3,4);1H4;;1H/p-1. The maximum absolute atomic E-state index is 14.1. The number of non-ortho nitro benzene ring substituents is 5. The Kier molecular flexibility index (Phi) is 44.8. The van der Waals surface area contributed by atoms with Gasteiger partial charge in [0.1, 0.15) is 59.6 Å². The first-order chi connectivity index (χ1) is 62.0. The lowest BCUT2D eigenvalue weighted by atomic mass is 10.0. The number of aldehydes is 2. The van der Waals surface area contributed by atoms with E-state index in [2.05, 4.69) is 82.6 Å². The van der Waals surface area contributed by atoms with Gasteiger partial charge >= 0.3 is 12.1 Å². The number of benzene rings is 9. The van der Waals surface area contributed by atoms with Crippen molar-refractivity contribution in [2.75, 3.05) is 18.0 Å². The second kappa shape index (κ2) is 54.2. The number of nitrogen functional groups attached to an aromatic ring is 2. The van der Waals surface area contributed by atoms with E-state index < -0.39 is 127 Å². The number of hydrazone groups is 1. The van der Waals surface area contributed by atoms with Gasteiger partial charge in [0.2, 0.25) is 21.1 Å². The molecule has 0 spiro atoms. The minimum Gasteiger partial charge on any atom is -1.00 e. The number of nitrogens with zero attached hydrogens (tertiary/aromatic N) is 17. The third-order valence-electron chi connectivity index (χ3n) is 15.4. The number of aliphatic imine (C=N–C) groups is 1. The van der Waals surface area contributed by atoms with E-state index in [9.17, 15) is 101 Å². The molecule has 9 aromatic carbocycles. The zero-order chi connectivity index (χ0) is 97.5. The van der Waals surface area contributed by atoms with Crippen molar-refractivity contribution in [2.24, 2.45) is 38.9 Å². The lowest BCUT2D eigenvalue weighted by Crippen LogP contribution is -3.00. The molecule has 45 nitrogen and oxygen atoms in total. The molecule has 694 valence electrons. The fraction of sp³-hybridized carbons (Fsp3) is 0.0390. The summed E-state index contributed by atoms with van der Waals surface area (Å²) in [5.41, 5.74) is 32.2. The van der Waals surface area contributed by atoms with Crippen LogP contribution in [0.25, 0.3) is 68.0 Å². The minimum atomic E-state index is -1.83. The van der Waals surface area contributed by atoms with Gasteiger partial charge in [-0.05, 0) is 76.8 Å². The Balaban J connectivity index is 0.000000396. The van der Waals surface area contributed by atoms with Crippen LogP contribution < -0.4 is 64.2 Å². The average Bonchev–Trinajstić information content (AvgIpc) is 1.66. The van der Waals surface area contributed by atoms with Gasteiger partial charge in [-0.25, -0.2) is 64.1 Å². The SMILES string of the molecule is C.NC(N)=NCC(=O)c1cc([N+](=O)[O-])ccc1F.NN=C(N)N.Nc1ccc(F)c(-c2nc3ncc(-c4ccccc4)cn3n2)c1.Nc1n[nH]c(-c2cc([N+](=O)[O-])ccc2F)n1.O=C(Cl)c1cc([N+](=O)[O-])ccc1F.O=C(O)O.O=C(O)c1cc([N+](=O)[O-])ccc1F.O=CC(C=O)c1ccccc1.O=S(Cl)Cl.O=[N+]([O-])c1ccc(F)c(-c2nc3ncc(-c4ccccc4)cn3n2)c1.[I-]. The van der Waals surface area contributed by atoms with Gasteiger partial charge in [0.25, 0.3) is 45.2 Å². The molecule has 56 heteroatoms. The van der Waals surface area contributed by atoms with Crippen LogP contribution in [0.15, 0.2) is 235 Å². The van der Waals surface area contributed by atoms with Crippen molar-refractivity contribution in [2.45, 2.75) is 13.3 Å². The van der Waals surface area contributed by atoms with E-state index in [-0.39, 0.29) is 112 Å². The van der Waals surface area contributed by atoms with Crippen molar-refractivity contribution in [3.63, 3.8) is 0 Å². The van der Waals surface area contributed by atoms with E-state index >= 15 is 0 Å². The molecule has 18 N–H and O–H groups in total. The maximum Gasteiger partial charge on any atom is 0.503 e. The molecule has 5 aromatic heterocycles. The number of ketones is 1. The number of hydrogen-bond acceptors (Lipinski definition) is 30. The van der Waals surface area contributed by atoms with Crippen molar-refractivity contribution in [1.29, 1.82) is 0 Å². The summed E-state index contributed by atoms with van der Waals surface area (Å²) in [4.78, 5) is 134. The summed E-state index contributed by atoms with van der Waals surface area (Å²) in [5.74, 6) is -2.19. The maximum atomic E-state index is 14.1. The number of Topliss-reactive ketones (excluding diaryl/α,β-unsaturated/α-hetero) is 1. The van der Waals surface area contributed by atoms with Gasteiger partial charge in [0.15, 0.2) is 29.2 Å². The van der Waals surface area contributed by atoms with Crippen LogP contribution in [-0.2, 0) is 18.8 Å². The number of hydrogen-bond donors (Lipinski definition) is 11. The Morgan fingerprint density at radius 1 is 0.496 bits per heavy atom. The fourth-order valence-corrected chi connectivity index (χ4v) is 9.73. The number of aromatic nitrogens is 11. The fourth-order valence-electron chi connectivity index (χ4n) is 9.59. The molecular formula is C77H64Cl3F6IN25O20S-. The highest BCUT2D eigenvalue weighted by Gasteiger charge is 2.22. The van der Waals surface area contributed by atoms with Crippen LogP contribution in [0.5, 0.6) is 0 Å². The molecule has 133 heavy (non-hydrogen) atoms. The number of nitrogens with two attached hydrogens (primary N) is 7. The lowest BCUT2D eigenvalue weighted by molar-refractivity contribution is -0.385. The first-order valence-corrected chi connectivity index (χ1v) is 38.1. The van der Waals surface area contributed by atoms with Crippen LogP contribution in [0, 0.1) is 85.5 Å². The highest BCUT2D eigenvalue weighted by Crippen LogP contribution is 2.30. The number of rotatable bonds is 18. The number of carboxylic acid groups (broad SMARTS) is 3. The number of fused-ring (bicyclic) bond motifs is 2. The Bertz CT molecular complexity index is 6470. The van der Waals surface area contributed by atoms with Gasteiger partial charge in [-0.1, -0.05) is 98.4 Å². The highest BCUT2D eigenvalue weighted by atomic mass is 127. The first kappa shape index (κ1) is 110. The number of nitro benzene ring substituents is 5. The van der Waals surface area contributed by atoms with Crippen LogP contribution in [0.4, 0.5) is 71.2 Å². The van der Waals surface area contributed by atoms with Crippen molar-refractivity contribution < 1.29 is 123 Å². The predicted octanol–water partition coefficient (Wildman–Crippen LogP) is 9.73. The Morgan fingerprint density at radius 3 is 1.20 bits per heavy atom. The van der Waals surface area contributed by atoms with E-state index in [0.29, 0.717) is 30.1 Å². The number of anilines is 2. The number of guanidine groups is 2. The first-order valence-electron chi connectivity index (χ1n) is 34.9. The van der Waals surface area contributed by atoms with Gasteiger partial charge < -0.3 is 89.1 Å². The molecule has 0 atom stereocenters. The Labute approximate surface area is 773 Å². The molecule has 0 saturated carbocycles. The second-order valence-corrected chi connectivity index (χ2v) is 27.0. The zero-order valence-electron chi connectivity index (χ0n) is 65.9.